The topological polar surface area (TPSA) is 15.6 Å². The van der Waals surface area contributed by atoms with Crippen molar-refractivity contribution in [1.29, 1.82) is 0 Å². The summed E-state index contributed by atoms with van der Waals surface area (Å²) in [6.45, 7) is 5.53. The van der Waals surface area contributed by atoms with Crippen molar-refractivity contribution in [2.75, 3.05) is 13.1 Å². The lowest BCUT2D eigenvalue weighted by molar-refractivity contribution is 0.633. The Balaban J connectivity index is 1.92. The normalized spacial score (nSPS) is 17.9. The first-order valence-electron chi connectivity index (χ1n) is 6.31. The van der Waals surface area contributed by atoms with Crippen LogP contribution in [0.4, 0.5) is 4.39 Å². The van der Waals surface area contributed by atoms with Crippen LogP contribution in [0, 0.1) is 5.82 Å². The van der Waals surface area contributed by atoms with Crippen molar-refractivity contribution in [3.63, 3.8) is 0 Å². The number of aliphatic imine (C=N–C) groups is 1. The molecule has 4 rings (SSSR count). The third kappa shape index (κ3) is 1.66. The summed E-state index contributed by atoms with van der Waals surface area (Å²) in [4.78, 5) is 7.69. The Morgan fingerprint density at radius 3 is 3.15 bits per heavy atom. The van der Waals surface area contributed by atoms with Gasteiger partial charge < -0.3 is 4.90 Å². The zero-order valence-electron chi connectivity index (χ0n) is 10.6. The Hall–Kier alpha value is -1.59. The Bertz CT molecular complexity index is 788. The highest BCUT2D eigenvalue weighted by molar-refractivity contribution is 8.17. The zero-order valence-corrected chi connectivity index (χ0v) is 12.2. The van der Waals surface area contributed by atoms with E-state index in [4.69, 9.17) is 0 Å². The molecule has 100 valence electrons. The molecule has 2 aliphatic heterocycles. The van der Waals surface area contributed by atoms with Crippen LogP contribution in [0.3, 0.4) is 0 Å². The van der Waals surface area contributed by atoms with Crippen LogP contribution in [0.1, 0.15) is 5.56 Å². The number of allylic oxidation sites excluding steroid dienone is 1. The van der Waals surface area contributed by atoms with E-state index in [9.17, 15) is 4.39 Å². The fourth-order valence-corrected chi connectivity index (χ4v) is 4.45. The Morgan fingerprint density at radius 2 is 2.30 bits per heavy atom. The van der Waals surface area contributed by atoms with Crippen molar-refractivity contribution in [3.8, 4) is 0 Å². The van der Waals surface area contributed by atoms with Crippen molar-refractivity contribution < 1.29 is 4.39 Å². The van der Waals surface area contributed by atoms with Gasteiger partial charge in [-0.05, 0) is 40.7 Å². The standard InChI is InChI=1S/C15H11FN2S2/c1-2-12-13(18-5-4-17-15(18)20-12)10-7-9-3-6-19-14(9)11(16)8-10/h2-3,6-8H,1,4-5H2. The molecule has 0 atom stereocenters. The number of hydrogen-bond acceptors (Lipinski definition) is 4. The van der Waals surface area contributed by atoms with Crippen LogP contribution in [0.25, 0.3) is 15.8 Å². The molecule has 2 aromatic rings. The minimum absolute atomic E-state index is 0.155. The summed E-state index contributed by atoms with van der Waals surface area (Å²) < 4.78 is 14.9. The van der Waals surface area contributed by atoms with Crippen LogP contribution in [-0.2, 0) is 0 Å². The monoisotopic (exact) mass is 302 g/mol. The maximum atomic E-state index is 14.2. The fraction of sp³-hybridized carbons (Fsp3) is 0.133. The van der Waals surface area contributed by atoms with E-state index in [0.29, 0.717) is 0 Å². The number of thioether (sulfide) groups is 1. The zero-order chi connectivity index (χ0) is 13.7. The molecule has 2 aliphatic rings. The predicted molar refractivity (Wildman–Crippen MR) is 85.5 cm³/mol. The average molecular weight is 302 g/mol. The van der Waals surface area contributed by atoms with Crippen molar-refractivity contribution in [1.82, 2.24) is 4.90 Å². The molecule has 0 fully saturated rings. The lowest BCUT2D eigenvalue weighted by atomic mass is 10.1. The molecule has 0 unspecified atom stereocenters. The lowest BCUT2D eigenvalue weighted by Gasteiger charge is -2.17. The number of nitrogens with zero attached hydrogens (tertiary/aromatic N) is 2. The quantitative estimate of drug-likeness (QED) is 0.821. The summed E-state index contributed by atoms with van der Waals surface area (Å²) in [6.07, 6.45) is 1.83. The van der Waals surface area contributed by atoms with Gasteiger partial charge in [0.2, 0.25) is 0 Å². The molecule has 20 heavy (non-hydrogen) atoms. The van der Waals surface area contributed by atoms with Crippen LogP contribution >= 0.6 is 23.1 Å². The maximum absolute atomic E-state index is 14.2. The number of fused-ring (bicyclic) bond motifs is 2. The molecule has 0 aliphatic carbocycles. The van der Waals surface area contributed by atoms with Gasteiger partial charge in [0.15, 0.2) is 5.17 Å². The van der Waals surface area contributed by atoms with Gasteiger partial charge in [0.25, 0.3) is 0 Å². The first-order chi connectivity index (χ1) is 9.78. The number of halogens is 1. The van der Waals surface area contributed by atoms with Gasteiger partial charge in [0, 0.05) is 17.0 Å². The van der Waals surface area contributed by atoms with Gasteiger partial charge >= 0.3 is 0 Å². The maximum Gasteiger partial charge on any atom is 0.168 e. The number of rotatable bonds is 2. The van der Waals surface area contributed by atoms with Gasteiger partial charge in [0.1, 0.15) is 5.82 Å². The van der Waals surface area contributed by atoms with Crippen molar-refractivity contribution in [2.45, 2.75) is 0 Å². The lowest BCUT2D eigenvalue weighted by Crippen LogP contribution is -2.20. The molecule has 5 heteroatoms. The largest absolute Gasteiger partial charge is 0.317 e. The predicted octanol–water partition coefficient (Wildman–Crippen LogP) is 4.31. The fourth-order valence-electron chi connectivity index (χ4n) is 2.61. The summed E-state index contributed by atoms with van der Waals surface area (Å²) in [5, 5.41) is 3.88. The van der Waals surface area contributed by atoms with Gasteiger partial charge in [0.05, 0.1) is 16.9 Å². The molecule has 3 heterocycles. The Morgan fingerprint density at radius 1 is 1.40 bits per heavy atom. The number of amidine groups is 1. The third-order valence-electron chi connectivity index (χ3n) is 3.47. The van der Waals surface area contributed by atoms with Gasteiger partial charge in [-0.25, -0.2) is 4.39 Å². The van der Waals surface area contributed by atoms with E-state index in [-0.39, 0.29) is 5.82 Å². The second kappa shape index (κ2) is 4.46. The van der Waals surface area contributed by atoms with Crippen molar-refractivity contribution in [2.24, 2.45) is 4.99 Å². The summed E-state index contributed by atoms with van der Waals surface area (Å²) >= 11 is 3.05. The van der Waals surface area contributed by atoms with E-state index in [2.05, 4.69) is 22.5 Å². The summed E-state index contributed by atoms with van der Waals surface area (Å²) in [7, 11) is 0. The van der Waals surface area contributed by atoms with Crippen LogP contribution in [0.15, 0.2) is 46.1 Å². The first kappa shape index (κ1) is 12.2. The molecule has 0 amide bonds. The van der Waals surface area contributed by atoms with Gasteiger partial charge in [-0.1, -0.05) is 12.7 Å². The van der Waals surface area contributed by atoms with Gasteiger partial charge in [-0.15, -0.1) is 11.3 Å². The molecule has 1 aromatic carbocycles. The van der Waals surface area contributed by atoms with E-state index in [1.54, 1.807) is 17.8 Å². The summed E-state index contributed by atoms with van der Waals surface area (Å²) in [5.41, 5.74) is 1.94. The molecular formula is C15H11FN2S2. The molecule has 0 bridgehead atoms. The van der Waals surface area contributed by atoms with E-state index in [1.807, 2.05) is 17.5 Å². The summed E-state index contributed by atoms with van der Waals surface area (Å²) in [5.74, 6) is -0.155. The average Bonchev–Trinajstić information content (AvgIpc) is 3.12. The molecule has 2 nitrogen and oxygen atoms in total. The second-order valence-corrected chi connectivity index (χ2v) is 6.56. The van der Waals surface area contributed by atoms with Crippen LogP contribution in [-0.4, -0.2) is 23.2 Å². The van der Waals surface area contributed by atoms with Crippen LogP contribution in [0.2, 0.25) is 0 Å². The highest BCUT2D eigenvalue weighted by Crippen LogP contribution is 2.43. The van der Waals surface area contributed by atoms with Crippen molar-refractivity contribution >= 4 is 44.0 Å². The third-order valence-corrected chi connectivity index (χ3v) is 5.52. The minimum atomic E-state index is -0.155. The Kier molecular flexibility index (Phi) is 2.72. The summed E-state index contributed by atoms with van der Waals surface area (Å²) in [6, 6.07) is 5.64. The van der Waals surface area contributed by atoms with Crippen LogP contribution < -0.4 is 0 Å². The van der Waals surface area contributed by atoms with E-state index in [0.717, 1.165) is 44.5 Å². The molecule has 0 radical (unpaired) electrons. The number of thiophene rings is 1. The van der Waals surface area contributed by atoms with E-state index < -0.39 is 0 Å². The SMILES string of the molecule is C=CC1=C(c2cc(F)c3sccc3c2)N2CCN=C2S1. The minimum Gasteiger partial charge on any atom is -0.317 e. The Labute approximate surface area is 124 Å². The highest BCUT2D eigenvalue weighted by Gasteiger charge is 2.32. The molecule has 0 saturated carbocycles. The van der Waals surface area contributed by atoms with Gasteiger partial charge in [-0.2, -0.15) is 0 Å². The molecule has 0 spiro atoms. The molecule has 0 saturated heterocycles. The van der Waals surface area contributed by atoms with Gasteiger partial charge in [-0.3, -0.25) is 4.99 Å². The molecular weight excluding hydrogens is 291 g/mol. The molecule has 0 N–H and O–H groups in total. The first-order valence-corrected chi connectivity index (χ1v) is 8.01. The van der Waals surface area contributed by atoms with E-state index >= 15 is 0 Å². The number of benzene rings is 1. The smallest absolute Gasteiger partial charge is 0.168 e. The molecule has 1 aromatic heterocycles. The van der Waals surface area contributed by atoms with Crippen molar-refractivity contribution in [3.05, 3.63) is 52.5 Å². The number of hydrogen-bond donors (Lipinski definition) is 0. The van der Waals surface area contributed by atoms with Crippen LogP contribution in [0.5, 0.6) is 0 Å². The second-order valence-electron chi connectivity index (χ2n) is 4.63. The highest BCUT2D eigenvalue weighted by atomic mass is 32.2. The van der Waals surface area contributed by atoms with E-state index in [1.165, 1.54) is 11.3 Å².